The maximum absolute atomic E-state index is 12.1. The molecule has 3 aromatic rings. The molecular weight excluding hydrogens is 791 g/mol. The summed E-state index contributed by atoms with van der Waals surface area (Å²) in [6.07, 6.45) is 26.2. The van der Waals surface area contributed by atoms with Crippen molar-refractivity contribution in [1.29, 1.82) is 0 Å². The standard InChI is InChI=1S/C19H32O2P.C10H8N2.C7H8N.2C3H5O2.2Ni/c20-18-12-14-19(21-18)13-7-15-22(19,16-8-3-1-4-9-16)17-10-5-2-6-11-17;1-3-7-11-9(5-1)10-6-2-4-8-12-10;1-2-7-5-3-4-6-8-7;2*1-2-3(4)5;;/h16-17H,1-15H2;1-8H;3-6H,1-2H2;2*1-2H2,(H,4,5);;/q+1;;3*-1;;+2. The molecule has 12 heteroatoms. The molecule has 1 atom stereocenters. The molecule has 4 aliphatic rings. The number of carbonyl (C=O) groups is 3. The number of aliphatic carboxylic acids is 2. The number of hydrogen-bond donors (Lipinski definition) is 2. The molecule has 7 rings (SSSR count). The predicted octanol–water partition coefficient (Wildman–Crippen LogP) is 9.68. The summed E-state index contributed by atoms with van der Waals surface area (Å²) in [5.41, 5.74) is 4.76. The number of aromatic nitrogens is 3. The Kier molecular flexibility index (Phi) is 24.6. The summed E-state index contributed by atoms with van der Waals surface area (Å²) in [4.78, 5) is 43.1. The van der Waals surface area contributed by atoms with E-state index in [-0.39, 0.29) is 57.1 Å². The quantitative estimate of drug-likeness (QED) is 0.107. The van der Waals surface area contributed by atoms with Gasteiger partial charge < -0.3 is 35.7 Å². The van der Waals surface area contributed by atoms with Crippen LogP contribution in [0.5, 0.6) is 0 Å². The summed E-state index contributed by atoms with van der Waals surface area (Å²) in [5.74, 6) is -1.59. The summed E-state index contributed by atoms with van der Waals surface area (Å²) in [5, 5.41) is 15.4. The minimum absolute atomic E-state index is 0. The van der Waals surface area contributed by atoms with E-state index in [9.17, 15) is 14.4 Å². The fraction of sp³-hybridized carbons (Fsp3) is 0.500. The first-order valence-electron chi connectivity index (χ1n) is 18.8. The Balaban J connectivity index is 0.000000386. The second-order valence-corrected chi connectivity index (χ2v) is 18.1. The fourth-order valence-corrected chi connectivity index (χ4v) is 15.8. The van der Waals surface area contributed by atoms with Gasteiger partial charge in [0.2, 0.25) is 5.34 Å². The Morgan fingerprint density at radius 2 is 1.15 bits per heavy atom. The normalized spacial score (nSPS) is 19.9. The fourth-order valence-electron chi connectivity index (χ4n) is 8.10. The summed E-state index contributed by atoms with van der Waals surface area (Å²) in [6.45, 7) is 9.86. The smallest absolute Gasteiger partial charge is 0.483 e. The van der Waals surface area contributed by atoms with Crippen LogP contribution in [0.4, 0.5) is 0 Å². The minimum atomic E-state index is -1.16. The summed E-state index contributed by atoms with van der Waals surface area (Å²) in [7, 11) is -1.16. The van der Waals surface area contributed by atoms with Crippen LogP contribution >= 0.6 is 7.26 Å². The van der Waals surface area contributed by atoms with E-state index < -0.39 is 19.2 Å². The van der Waals surface area contributed by atoms with Gasteiger partial charge in [-0.2, -0.15) is 0 Å². The molecule has 0 amide bonds. The van der Waals surface area contributed by atoms with Gasteiger partial charge in [-0.25, -0.2) is 0 Å². The largest absolute Gasteiger partial charge is 2.00 e. The van der Waals surface area contributed by atoms with Crippen LogP contribution in [0.1, 0.15) is 108 Å². The van der Waals surface area contributed by atoms with Gasteiger partial charge in [0.15, 0.2) is 0 Å². The van der Waals surface area contributed by atoms with Gasteiger partial charge in [0.05, 0.1) is 42.6 Å². The number of carbonyl (C=O) groups excluding carboxylic acids is 1. The molecule has 1 spiro atoms. The van der Waals surface area contributed by atoms with E-state index in [1.807, 2.05) is 54.6 Å². The number of esters is 1. The molecular formula is C42H58N3Ni2O6P. The van der Waals surface area contributed by atoms with Crippen molar-refractivity contribution >= 4 is 25.2 Å². The molecule has 0 radical (unpaired) electrons. The number of pyridine rings is 3. The summed E-state index contributed by atoms with van der Waals surface area (Å²) >= 11 is 0. The summed E-state index contributed by atoms with van der Waals surface area (Å²) < 4.78 is 6.24. The van der Waals surface area contributed by atoms with Crippen molar-refractivity contribution in [3.05, 3.63) is 99.7 Å². The molecule has 54 heavy (non-hydrogen) atoms. The van der Waals surface area contributed by atoms with E-state index in [1.54, 1.807) is 18.6 Å². The Labute approximate surface area is 343 Å². The zero-order valence-electron chi connectivity index (χ0n) is 31.4. The average Bonchev–Trinajstić information content (AvgIpc) is 3.79. The maximum Gasteiger partial charge on any atom is 2.00 e. The average molecular weight is 849 g/mol. The number of ether oxygens (including phenoxy) is 1. The zero-order chi connectivity index (χ0) is 37.7. The Morgan fingerprint density at radius 1 is 0.704 bits per heavy atom. The predicted molar refractivity (Wildman–Crippen MR) is 209 cm³/mol. The monoisotopic (exact) mass is 847 g/mol. The van der Waals surface area contributed by atoms with Crippen LogP contribution in [-0.4, -0.2) is 65.9 Å². The van der Waals surface area contributed by atoms with Crippen molar-refractivity contribution < 1.29 is 62.3 Å². The first-order chi connectivity index (χ1) is 25.2. The number of carboxylic acids is 2. The maximum atomic E-state index is 12.1. The molecule has 302 valence electrons. The van der Waals surface area contributed by atoms with Crippen molar-refractivity contribution in [3.63, 3.8) is 0 Å². The van der Waals surface area contributed by atoms with Gasteiger partial charge in [-0.15, -0.1) is 6.42 Å². The van der Waals surface area contributed by atoms with Crippen LogP contribution in [0.15, 0.2) is 73.2 Å². The molecule has 2 aliphatic heterocycles. The van der Waals surface area contributed by atoms with Crippen LogP contribution in [0, 0.1) is 20.8 Å². The molecule has 4 fully saturated rings. The van der Waals surface area contributed by atoms with Crippen molar-refractivity contribution in [2.75, 3.05) is 6.16 Å². The molecule has 9 nitrogen and oxygen atoms in total. The van der Waals surface area contributed by atoms with Crippen LogP contribution in [0.25, 0.3) is 11.4 Å². The van der Waals surface area contributed by atoms with Gasteiger partial charge in [0, 0.05) is 53.6 Å². The Hall–Kier alpha value is -2.72. The van der Waals surface area contributed by atoms with Gasteiger partial charge in [-0.05, 0) is 94.2 Å². The number of nitrogens with zero attached hydrogens (tertiary/aromatic N) is 3. The second kappa shape index (κ2) is 27.0. The van der Waals surface area contributed by atoms with Crippen molar-refractivity contribution in [2.24, 2.45) is 0 Å². The van der Waals surface area contributed by atoms with E-state index in [2.05, 4.69) is 35.7 Å². The first-order valence-corrected chi connectivity index (χ1v) is 21.0. The van der Waals surface area contributed by atoms with Crippen LogP contribution < -0.4 is 0 Å². The third kappa shape index (κ3) is 15.1. The van der Waals surface area contributed by atoms with E-state index in [1.165, 1.54) is 83.2 Å². The molecule has 3 aromatic heterocycles. The van der Waals surface area contributed by atoms with Crippen molar-refractivity contribution in [1.82, 2.24) is 15.0 Å². The van der Waals surface area contributed by atoms with E-state index in [0.717, 1.165) is 41.2 Å². The Bertz CT molecular complexity index is 1390. The van der Waals surface area contributed by atoms with Gasteiger partial charge in [0.25, 0.3) is 11.9 Å². The second-order valence-electron chi connectivity index (χ2n) is 13.6. The topological polar surface area (TPSA) is 140 Å². The van der Waals surface area contributed by atoms with Crippen LogP contribution in [0.3, 0.4) is 0 Å². The molecule has 0 bridgehead atoms. The van der Waals surface area contributed by atoms with Gasteiger partial charge in [-0.1, -0.05) is 43.9 Å². The third-order valence-corrected chi connectivity index (χ3v) is 17.1. The third-order valence-electron chi connectivity index (χ3n) is 10.3. The molecule has 2 N–H and O–H groups in total. The molecule has 0 aromatic carbocycles. The van der Waals surface area contributed by atoms with E-state index in [0.29, 0.717) is 6.42 Å². The van der Waals surface area contributed by atoms with Crippen LogP contribution in [-0.2, 0) is 58.5 Å². The summed E-state index contributed by atoms with van der Waals surface area (Å²) in [6, 6.07) is 17.4. The number of hydrogen-bond acceptors (Lipinski definition) is 7. The van der Waals surface area contributed by atoms with Gasteiger partial charge in [-0.3, -0.25) is 29.3 Å². The molecule has 2 saturated heterocycles. The minimum Gasteiger partial charge on any atom is -0.483 e. The molecule has 2 aliphatic carbocycles. The van der Waals surface area contributed by atoms with E-state index >= 15 is 0 Å². The van der Waals surface area contributed by atoms with Crippen molar-refractivity contribution in [2.45, 2.75) is 126 Å². The first kappa shape index (κ1) is 49.3. The number of rotatable bonds is 6. The van der Waals surface area contributed by atoms with Crippen LogP contribution in [0.2, 0.25) is 0 Å². The van der Waals surface area contributed by atoms with Gasteiger partial charge in [0.1, 0.15) is 0 Å². The Morgan fingerprint density at radius 3 is 1.46 bits per heavy atom. The van der Waals surface area contributed by atoms with Crippen molar-refractivity contribution in [3.8, 4) is 11.4 Å². The van der Waals surface area contributed by atoms with E-state index in [4.69, 9.17) is 14.9 Å². The molecule has 1 unspecified atom stereocenters. The zero-order valence-corrected chi connectivity index (χ0v) is 34.3. The molecule has 5 heterocycles. The molecule has 2 saturated carbocycles. The SMILES string of the molecule is O=C1CCC2(CCC[P+]2(C2CCCCC2)C2CCCCC2)O1.[CH2-]CC(=O)O.[CH2-]CC(=O)O.[CH2-]Cc1ccccn1.[Ni+2].[Ni].c1ccc(-c2ccccn2)nc1. The number of carboxylic acid groups (broad SMARTS) is 2. The van der Waals surface area contributed by atoms with Gasteiger partial charge >= 0.3 is 22.5 Å².